The highest BCUT2D eigenvalue weighted by Gasteiger charge is 2.54. The van der Waals surface area contributed by atoms with E-state index in [2.05, 4.69) is 5.32 Å². The molecular formula is C21H25ClN2O3. The van der Waals surface area contributed by atoms with Crippen molar-refractivity contribution in [3.05, 3.63) is 29.3 Å². The van der Waals surface area contributed by atoms with Gasteiger partial charge in [-0.25, -0.2) is 4.79 Å². The predicted molar refractivity (Wildman–Crippen MR) is 103 cm³/mol. The fraction of sp³-hybridized carbons (Fsp3) is 0.619. The molecule has 1 aromatic carbocycles. The summed E-state index contributed by atoms with van der Waals surface area (Å²) in [5.41, 5.74) is 0.562. The van der Waals surface area contributed by atoms with Crippen molar-refractivity contribution >= 4 is 29.3 Å². The van der Waals surface area contributed by atoms with Crippen LogP contribution in [0.15, 0.2) is 24.3 Å². The number of benzene rings is 1. The Morgan fingerprint density at radius 3 is 2.48 bits per heavy atom. The van der Waals surface area contributed by atoms with E-state index < -0.39 is 0 Å². The lowest BCUT2D eigenvalue weighted by molar-refractivity contribution is -0.146. The Hall–Kier alpha value is -1.75. The van der Waals surface area contributed by atoms with E-state index in [4.69, 9.17) is 16.3 Å². The number of carbonyl (C=O) groups excluding carboxylic acids is 2. The molecule has 4 bridgehead atoms. The van der Waals surface area contributed by atoms with E-state index in [1.165, 1.54) is 19.3 Å². The number of amides is 2. The minimum atomic E-state index is -0.383. The molecule has 1 aliphatic heterocycles. The van der Waals surface area contributed by atoms with Gasteiger partial charge in [-0.2, -0.15) is 0 Å². The summed E-state index contributed by atoms with van der Waals surface area (Å²) < 4.78 is 5.47. The summed E-state index contributed by atoms with van der Waals surface area (Å²) in [7, 11) is 0. The molecule has 0 spiro atoms. The van der Waals surface area contributed by atoms with Gasteiger partial charge in [-0.05, 0) is 74.5 Å². The standard InChI is InChI=1S/C21H25ClN2O3/c22-16-2-1-3-17(7-16)24-12-18(27-20(24)26)11-23-19(25)21-8-13-4-14(9-21)6-15(5-13)10-21/h1-3,7,13-15,18H,4-6,8-12H2,(H,23,25)/t13?,14?,15?,18-,21?/m0/s1. The van der Waals surface area contributed by atoms with Gasteiger partial charge in [-0.1, -0.05) is 17.7 Å². The second kappa shape index (κ2) is 6.40. The maximum atomic E-state index is 13.0. The number of anilines is 1. The largest absolute Gasteiger partial charge is 0.442 e. The number of hydrogen-bond acceptors (Lipinski definition) is 3. The molecule has 1 heterocycles. The number of cyclic esters (lactones) is 1. The summed E-state index contributed by atoms with van der Waals surface area (Å²) in [6.07, 6.45) is 6.39. The summed E-state index contributed by atoms with van der Waals surface area (Å²) in [5.74, 6) is 2.40. The van der Waals surface area contributed by atoms with Crippen molar-refractivity contribution in [2.24, 2.45) is 23.2 Å². The third-order valence-corrected chi connectivity index (χ3v) is 7.24. The normalized spacial score (nSPS) is 36.8. The van der Waals surface area contributed by atoms with Crippen molar-refractivity contribution in [3.8, 4) is 0 Å². The molecule has 144 valence electrons. The average molecular weight is 389 g/mol. The van der Waals surface area contributed by atoms with E-state index in [9.17, 15) is 9.59 Å². The van der Waals surface area contributed by atoms with Crippen LogP contribution in [0.5, 0.6) is 0 Å². The Morgan fingerprint density at radius 2 is 1.85 bits per heavy atom. The molecular weight excluding hydrogens is 364 g/mol. The highest BCUT2D eigenvalue weighted by Crippen LogP contribution is 2.60. The van der Waals surface area contributed by atoms with Crippen LogP contribution >= 0.6 is 11.6 Å². The van der Waals surface area contributed by atoms with E-state index in [1.54, 1.807) is 17.0 Å². The van der Waals surface area contributed by atoms with E-state index in [-0.39, 0.29) is 23.5 Å². The first-order valence-electron chi connectivity index (χ1n) is 10.0. The molecule has 1 saturated heterocycles. The molecule has 4 saturated carbocycles. The van der Waals surface area contributed by atoms with Crippen LogP contribution in [0.3, 0.4) is 0 Å². The predicted octanol–water partition coefficient (Wildman–Crippen LogP) is 4.00. The number of halogens is 1. The van der Waals surface area contributed by atoms with Crippen LogP contribution in [0, 0.1) is 23.2 Å². The quantitative estimate of drug-likeness (QED) is 0.848. The molecule has 5 fully saturated rings. The molecule has 0 radical (unpaired) electrons. The van der Waals surface area contributed by atoms with E-state index >= 15 is 0 Å². The van der Waals surface area contributed by atoms with Gasteiger partial charge in [-0.3, -0.25) is 9.69 Å². The molecule has 2 amide bonds. The minimum absolute atomic E-state index is 0.163. The first-order chi connectivity index (χ1) is 13.0. The van der Waals surface area contributed by atoms with Gasteiger partial charge < -0.3 is 10.1 Å². The SMILES string of the molecule is O=C1O[C@@H](CNC(=O)C23CC4CC(CC(C4)C2)C3)CN1c1cccc(Cl)c1. The average Bonchev–Trinajstić information content (AvgIpc) is 2.99. The lowest BCUT2D eigenvalue weighted by atomic mass is 9.49. The summed E-state index contributed by atoms with van der Waals surface area (Å²) in [5, 5.41) is 3.70. The Bertz CT molecular complexity index is 745. The molecule has 5 aliphatic rings. The van der Waals surface area contributed by atoms with Gasteiger partial charge in [0.15, 0.2) is 0 Å². The number of nitrogens with one attached hydrogen (secondary N) is 1. The van der Waals surface area contributed by atoms with Gasteiger partial charge in [0.05, 0.1) is 13.1 Å². The zero-order chi connectivity index (χ0) is 18.6. The summed E-state index contributed by atoms with van der Waals surface area (Å²) >= 11 is 6.02. The fourth-order valence-corrected chi connectivity index (χ4v) is 6.45. The Labute approximate surface area is 164 Å². The van der Waals surface area contributed by atoms with Crippen molar-refractivity contribution in [2.75, 3.05) is 18.0 Å². The minimum Gasteiger partial charge on any atom is -0.442 e. The van der Waals surface area contributed by atoms with Crippen LogP contribution in [-0.2, 0) is 9.53 Å². The van der Waals surface area contributed by atoms with Crippen molar-refractivity contribution in [1.82, 2.24) is 5.32 Å². The van der Waals surface area contributed by atoms with Crippen LogP contribution in [0.1, 0.15) is 38.5 Å². The van der Waals surface area contributed by atoms with E-state index in [0.29, 0.717) is 18.1 Å². The van der Waals surface area contributed by atoms with Crippen molar-refractivity contribution in [3.63, 3.8) is 0 Å². The number of hydrogen-bond donors (Lipinski definition) is 1. The van der Waals surface area contributed by atoms with Crippen LogP contribution in [0.2, 0.25) is 5.02 Å². The number of carbonyl (C=O) groups is 2. The third kappa shape index (κ3) is 3.10. The summed E-state index contributed by atoms with van der Waals surface area (Å²) in [6, 6.07) is 7.17. The lowest BCUT2D eigenvalue weighted by Gasteiger charge is -2.55. The Morgan fingerprint density at radius 1 is 1.19 bits per heavy atom. The summed E-state index contributed by atoms with van der Waals surface area (Å²) in [6.45, 7) is 0.809. The Balaban J connectivity index is 1.21. The van der Waals surface area contributed by atoms with E-state index in [1.807, 2.05) is 12.1 Å². The van der Waals surface area contributed by atoms with E-state index in [0.717, 1.165) is 42.7 Å². The molecule has 27 heavy (non-hydrogen) atoms. The first-order valence-corrected chi connectivity index (χ1v) is 10.4. The zero-order valence-corrected chi connectivity index (χ0v) is 16.1. The van der Waals surface area contributed by atoms with Gasteiger partial charge in [0, 0.05) is 16.1 Å². The third-order valence-electron chi connectivity index (χ3n) is 7.00. The molecule has 6 heteroatoms. The molecule has 4 aliphatic carbocycles. The lowest BCUT2D eigenvalue weighted by Crippen LogP contribution is -2.54. The van der Waals surface area contributed by atoms with Crippen LogP contribution in [0.25, 0.3) is 0 Å². The second-order valence-corrected chi connectivity index (χ2v) is 9.44. The molecule has 0 unspecified atom stereocenters. The maximum absolute atomic E-state index is 13.0. The van der Waals surface area contributed by atoms with Gasteiger partial charge in [0.1, 0.15) is 6.10 Å². The van der Waals surface area contributed by atoms with Gasteiger partial charge in [-0.15, -0.1) is 0 Å². The molecule has 1 aromatic rings. The van der Waals surface area contributed by atoms with Crippen LogP contribution < -0.4 is 10.2 Å². The highest BCUT2D eigenvalue weighted by atomic mass is 35.5. The number of ether oxygens (including phenoxy) is 1. The molecule has 1 N–H and O–H groups in total. The zero-order valence-electron chi connectivity index (χ0n) is 15.3. The van der Waals surface area contributed by atoms with Crippen LogP contribution in [0.4, 0.5) is 10.5 Å². The van der Waals surface area contributed by atoms with Crippen molar-refractivity contribution in [1.29, 1.82) is 0 Å². The topological polar surface area (TPSA) is 58.6 Å². The number of rotatable bonds is 4. The Kier molecular flexibility index (Phi) is 4.12. The fourth-order valence-electron chi connectivity index (χ4n) is 6.27. The molecule has 1 atom stereocenters. The molecule has 6 rings (SSSR count). The highest BCUT2D eigenvalue weighted by molar-refractivity contribution is 6.30. The van der Waals surface area contributed by atoms with Gasteiger partial charge >= 0.3 is 6.09 Å². The van der Waals surface area contributed by atoms with Crippen LogP contribution in [-0.4, -0.2) is 31.2 Å². The van der Waals surface area contributed by atoms with Gasteiger partial charge in [0.25, 0.3) is 0 Å². The smallest absolute Gasteiger partial charge is 0.414 e. The van der Waals surface area contributed by atoms with Gasteiger partial charge in [0.2, 0.25) is 5.91 Å². The number of nitrogens with zero attached hydrogens (tertiary/aromatic N) is 1. The molecule has 0 aromatic heterocycles. The molecule has 5 nitrogen and oxygen atoms in total. The van der Waals surface area contributed by atoms with Crippen molar-refractivity contribution in [2.45, 2.75) is 44.6 Å². The van der Waals surface area contributed by atoms with Crippen molar-refractivity contribution < 1.29 is 14.3 Å². The summed E-state index contributed by atoms with van der Waals surface area (Å²) in [4.78, 5) is 26.8. The second-order valence-electron chi connectivity index (χ2n) is 9.00. The first kappa shape index (κ1) is 17.4. The maximum Gasteiger partial charge on any atom is 0.414 e. The monoisotopic (exact) mass is 388 g/mol.